The molecule has 1 N–H and O–H groups in total. The molecule has 0 radical (unpaired) electrons. The maximum atomic E-state index is 12.6. The molecule has 114 valence electrons. The van der Waals surface area contributed by atoms with E-state index in [1.807, 2.05) is 43.3 Å². The first-order valence-electron chi connectivity index (χ1n) is 7.51. The zero-order valence-electron chi connectivity index (χ0n) is 12.7. The lowest BCUT2D eigenvalue weighted by molar-refractivity contribution is 0.297. The highest BCUT2D eigenvalue weighted by molar-refractivity contribution is 5.95. The van der Waals surface area contributed by atoms with E-state index in [-0.39, 0.29) is 11.0 Å². The van der Waals surface area contributed by atoms with Crippen molar-refractivity contribution in [1.29, 1.82) is 0 Å². The summed E-state index contributed by atoms with van der Waals surface area (Å²) in [6, 6.07) is 13.8. The summed E-state index contributed by atoms with van der Waals surface area (Å²) in [7, 11) is 0. The fourth-order valence-corrected chi connectivity index (χ4v) is 3.31. The smallest absolute Gasteiger partial charge is 0.299 e. The first kappa shape index (κ1) is 13.7. The molecule has 0 amide bonds. The molecule has 0 aliphatic carbocycles. The molecule has 1 aromatic heterocycles. The second kappa shape index (κ2) is 5.05. The van der Waals surface area contributed by atoms with Gasteiger partial charge in [-0.1, -0.05) is 47.1 Å². The monoisotopic (exact) mass is 305 g/mol. The molecule has 1 aliphatic heterocycles. The van der Waals surface area contributed by atoms with E-state index in [2.05, 4.69) is 16.2 Å². The number of rotatable bonds is 1. The summed E-state index contributed by atoms with van der Waals surface area (Å²) in [6.45, 7) is 2.62. The molecule has 2 aromatic carbocycles. The Morgan fingerprint density at radius 3 is 2.74 bits per heavy atom. The Labute approximate surface area is 132 Å². The number of nitrogens with zero attached hydrogens (tertiary/aromatic N) is 3. The van der Waals surface area contributed by atoms with Gasteiger partial charge in [-0.05, 0) is 25.0 Å². The van der Waals surface area contributed by atoms with Crippen LogP contribution in [0.3, 0.4) is 0 Å². The normalized spacial score (nSPS) is 13.7. The van der Waals surface area contributed by atoms with E-state index in [0.717, 1.165) is 34.0 Å². The molecule has 5 nitrogen and oxygen atoms in total. The van der Waals surface area contributed by atoms with Gasteiger partial charge in [0.15, 0.2) is 0 Å². The fourth-order valence-electron chi connectivity index (χ4n) is 3.31. The van der Waals surface area contributed by atoms with Gasteiger partial charge in [-0.15, -0.1) is 0 Å². The summed E-state index contributed by atoms with van der Waals surface area (Å²) >= 11 is 0. The molecule has 0 atom stereocenters. The molecule has 4 rings (SSSR count). The first-order chi connectivity index (χ1) is 11.2. The molecule has 0 spiro atoms. The third-order valence-corrected chi connectivity index (χ3v) is 4.26. The zero-order valence-corrected chi connectivity index (χ0v) is 12.7. The number of aryl methyl sites for hydroxylation is 3. The lowest BCUT2D eigenvalue weighted by atomic mass is 10.0. The molecule has 5 heteroatoms. The highest BCUT2D eigenvalue weighted by Gasteiger charge is 2.19. The van der Waals surface area contributed by atoms with E-state index in [1.54, 1.807) is 4.57 Å². The minimum Gasteiger partial charge on any atom is -0.409 e. The Hall–Kier alpha value is -2.95. The lowest BCUT2D eigenvalue weighted by Crippen LogP contribution is -2.33. The van der Waals surface area contributed by atoms with Crippen molar-refractivity contribution in [2.75, 3.05) is 0 Å². The summed E-state index contributed by atoms with van der Waals surface area (Å²) < 4.78 is 1.67. The Kier molecular flexibility index (Phi) is 3.01. The molecule has 0 saturated heterocycles. The highest BCUT2D eigenvalue weighted by Crippen LogP contribution is 2.30. The number of benzene rings is 2. The van der Waals surface area contributed by atoms with Crippen LogP contribution in [0.5, 0.6) is 0 Å². The molecule has 0 unspecified atom stereocenters. The van der Waals surface area contributed by atoms with Crippen molar-refractivity contribution >= 4 is 10.9 Å². The Morgan fingerprint density at radius 1 is 1.22 bits per heavy atom. The van der Waals surface area contributed by atoms with Crippen LogP contribution in [0, 0.1) is 6.92 Å². The number of aromatic nitrogens is 2. The van der Waals surface area contributed by atoms with Crippen molar-refractivity contribution in [2.45, 2.75) is 19.9 Å². The van der Waals surface area contributed by atoms with Crippen molar-refractivity contribution in [2.24, 2.45) is 5.16 Å². The van der Waals surface area contributed by atoms with Crippen LogP contribution >= 0.6 is 0 Å². The van der Waals surface area contributed by atoms with E-state index < -0.39 is 0 Å². The summed E-state index contributed by atoms with van der Waals surface area (Å²) in [5, 5.41) is 13.3. The molecule has 2 heterocycles. The Balaban J connectivity index is 2.30. The van der Waals surface area contributed by atoms with Gasteiger partial charge in [-0.25, -0.2) is 4.98 Å². The molecule has 3 aromatic rings. The predicted molar refractivity (Wildman–Crippen MR) is 87.2 cm³/mol. The van der Waals surface area contributed by atoms with E-state index in [1.165, 1.54) is 0 Å². The average Bonchev–Trinajstić information content (AvgIpc) is 2.94. The second-order valence-corrected chi connectivity index (χ2v) is 5.78. The molecule has 23 heavy (non-hydrogen) atoms. The predicted octanol–water partition coefficient (Wildman–Crippen LogP) is 2.22. The summed E-state index contributed by atoms with van der Waals surface area (Å²) in [6.07, 6.45) is 0.802. The van der Waals surface area contributed by atoms with Crippen molar-refractivity contribution < 1.29 is 5.21 Å². The quantitative estimate of drug-likeness (QED) is 0.554. The van der Waals surface area contributed by atoms with E-state index in [4.69, 9.17) is 0 Å². The van der Waals surface area contributed by atoms with E-state index in [0.29, 0.717) is 12.2 Å². The van der Waals surface area contributed by atoms with Crippen LogP contribution in [-0.2, 0) is 13.0 Å². The van der Waals surface area contributed by atoms with Gasteiger partial charge in [-0.2, -0.15) is 0 Å². The average molecular weight is 305 g/mol. The molecular weight excluding hydrogens is 290 g/mol. The van der Waals surface area contributed by atoms with Gasteiger partial charge in [0.25, 0.3) is 11.0 Å². The van der Waals surface area contributed by atoms with E-state index >= 15 is 0 Å². The van der Waals surface area contributed by atoms with E-state index in [9.17, 15) is 10.0 Å². The molecule has 0 bridgehead atoms. The molecule has 0 fully saturated rings. The largest absolute Gasteiger partial charge is 0.409 e. The van der Waals surface area contributed by atoms with Gasteiger partial charge in [0.2, 0.25) is 0 Å². The van der Waals surface area contributed by atoms with Gasteiger partial charge < -0.3 is 9.77 Å². The van der Waals surface area contributed by atoms with Gasteiger partial charge in [0, 0.05) is 17.5 Å². The van der Waals surface area contributed by atoms with Gasteiger partial charge in [-0.3, -0.25) is 4.79 Å². The standard InChI is InChI=1S/C18H15N3O2/c1-11-9-13-7-8-21-16(13)14(10-11)15(12-5-3-2-4-6-12)19-17(20-23)18(21)22/h2-6,9-10,23H,7-8H2,1H3. The van der Waals surface area contributed by atoms with Crippen molar-refractivity contribution in [3.05, 3.63) is 69.4 Å². The number of hydrogen-bond acceptors (Lipinski definition) is 4. The maximum absolute atomic E-state index is 12.6. The zero-order chi connectivity index (χ0) is 16.0. The Morgan fingerprint density at radius 2 is 2.00 bits per heavy atom. The van der Waals surface area contributed by atoms with Crippen LogP contribution in [-0.4, -0.2) is 14.8 Å². The summed E-state index contributed by atoms with van der Waals surface area (Å²) in [4.78, 5) is 17.0. The molecular formula is C18H15N3O2. The van der Waals surface area contributed by atoms with Crippen LogP contribution in [0.2, 0.25) is 0 Å². The van der Waals surface area contributed by atoms with Crippen LogP contribution in [0.25, 0.3) is 22.2 Å². The van der Waals surface area contributed by atoms with Gasteiger partial charge in [0.1, 0.15) is 0 Å². The minimum absolute atomic E-state index is 0.175. The third-order valence-electron chi connectivity index (χ3n) is 4.26. The highest BCUT2D eigenvalue weighted by atomic mass is 16.4. The van der Waals surface area contributed by atoms with Gasteiger partial charge >= 0.3 is 0 Å². The van der Waals surface area contributed by atoms with Crippen LogP contribution < -0.4 is 11.0 Å². The SMILES string of the molecule is Cc1cc2c3c(c1)c(-c1ccccc1)nc(=NO)c(=O)n3CC2. The topological polar surface area (TPSA) is 67.5 Å². The lowest BCUT2D eigenvalue weighted by Gasteiger charge is -2.05. The van der Waals surface area contributed by atoms with Crippen molar-refractivity contribution in [3.63, 3.8) is 0 Å². The van der Waals surface area contributed by atoms with Crippen LogP contribution in [0.1, 0.15) is 11.1 Å². The second-order valence-electron chi connectivity index (χ2n) is 5.78. The van der Waals surface area contributed by atoms with Crippen LogP contribution in [0.4, 0.5) is 0 Å². The third kappa shape index (κ3) is 2.04. The minimum atomic E-state index is -0.359. The summed E-state index contributed by atoms with van der Waals surface area (Å²) in [5.74, 6) is 0. The fraction of sp³-hybridized carbons (Fsp3) is 0.167. The van der Waals surface area contributed by atoms with Gasteiger partial charge in [0.05, 0.1) is 11.2 Å². The Bertz CT molecular complexity index is 1050. The summed E-state index contributed by atoms with van der Waals surface area (Å²) in [5.41, 5.74) is 4.17. The maximum Gasteiger partial charge on any atom is 0.299 e. The molecule has 1 aliphatic rings. The van der Waals surface area contributed by atoms with Crippen molar-refractivity contribution in [1.82, 2.24) is 9.55 Å². The van der Waals surface area contributed by atoms with Crippen molar-refractivity contribution in [3.8, 4) is 11.3 Å². The van der Waals surface area contributed by atoms with Crippen LogP contribution in [0.15, 0.2) is 52.4 Å². The molecule has 0 saturated carbocycles. The first-order valence-corrected chi connectivity index (χ1v) is 7.51. The number of hydrogen-bond donors (Lipinski definition) is 1.